The Kier molecular flexibility index (Phi) is 6.75. The summed E-state index contributed by atoms with van der Waals surface area (Å²) >= 11 is 0. The summed E-state index contributed by atoms with van der Waals surface area (Å²) in [5.74, 6) is 0. The molecule has 0 heterocycles. The van der Waals surface area contributed by atoms with Crippen LogP contribution in [0.4, 0.5) is 0 Å². The van der Waals surface area contributed by atoms with Crippen molar-refractivity contribution in [2.75, 3.05) is 0 Å². The van der Waals surface area contributed by atoms with Crippen LogP contribution in [-0.4, -0.2) is 0 Å². The first-order chi connectivity index (χ1) is 5.31. The second-order valence-electron chi connectivity index (χ2n) is 5.59. The zero-order chi connectivity index (χ0) is 9.83. The predicted molar refractivity (Wildman–Crippen MR) is 61.7 cm³/mol. The summed E-state index contributed by atoms with van der Waals surface area (Å²) in [6.07, 6.45) is 5.48. The molecule has 0 heteroatoms. The standard InChI is InChI=1S/C12H26.CH/c1-7-8-9-10-12(5,6)11(2,3)4;/h7-10H2,1-6H3;1H. The van der Waals surface area contributed by atoms with Crippen LogP contribution in [0.3, 0.4) is 0 Å². The Hall–Kier alpha value is 0. The van der Waals surface area contributed by atoms with Gasteiger partial charge in [-0.1, -0.05) is 60.8 Å². The summed E-state index contributed by atoms with van der Waals surface area (Å²) in [5.41, 5.74) is 0.933. The Morgan fingerprint density at radius 3 is 1.62 bits per heavy atom. The van der Waals surface area contributed by atoms with E-state index >= 15 is 0 Å². The highest BCUT2D eigenvalue weighted by Gasteiger charge is 2.31. The summed E-state index contributed by atoms with van der Waals surface area (Å²) in [7, 11) is 0. The lowest BCUT2D eigenvalue weighted by Crippen LogP contribution is -2.29. The molecule has 0 N–H and O–H groups in total. The lowest BCUT2D eigenvalue weighted by atomic mass is 9.67. The lowest BCUT2D eigenvalue weighted by Gasteiger charge is -2.39. The van der Waals surface area contributed by atoms with Gasteiger partial charge in [0.15, 0.2) is 0 Å². The first kappa shape index (κ1) is 15.5. The molecular weight excluding hydrogens is 156 g/mol. The molecule has 79 valence electrons. The van der Waals surface area contributed by atoms with Gasteiger partial charge in [-0.3, -0.25) is 0 Å². The number of hydrogen-bond acceptors (Lipinski definition) is 0. The van der Waals surface area contributed by atoms with Crippen molar-refractivity contribution < 1.29 is 0 Å². The van der Waals surface area contributed by atoms with Crippen molar-refractivity contribution in [1.82, 2.24) is 0 Å². The maximum atomic E-state index is 2.39. The van der Waals surface area contributed by atoms with Gasteiger partial charge >= 0.3 is 0 Å². The molecule has 0 amide bonds. The van der Waals surface area contributed by atoms with E-state index in [0.717, 1.165) is 0 Å². The van der Waals surface area contributed by atoms with Gasteiger partial charge in [-0.15, -0.1) is 0 Å². The van der Waals surface area contributed by atoms with Gasteiger partial charge in [0, 0.05) is 0 Å². The van der Waals surface area contributed by atoms with Crippen LogP contribution in [0.15, 0.2) is 0 Å². The lowest BCUT2D eigenvalue weighted by molar-refractivity contribution is 0.116. The van der Waals surface area contributed by atoms with Gasteiger partial charge in [0.25, 0.3) is 0 Å². The first-order valence-corrected chi connectivity index (χ1v) is 5.31. The topological polar surface area (TPSA) is 0 Å². The highest BCUT2D eigenvalue weighted by atomic mass is 14.4. The third-order valence-electron chi connectivity index (χ3n) is 3.44. The molecule has 3 radical (unpaired) electrons. The normalized spacial score (nSPS) is 12.5. The van der Waals surface area contributed by atoms with Crippen molar-refractivity contribution >= 4 is 0 Å². The molecule has 0 saturated carbocycles. The van der Waals surface area contributed by atoms with Gasteiger partial charge in [-0.05, 0) is 24.7 Å². The maximum Gasteiger partial charge on any atom is -0.0306 e. The average Bonchev–Trinajstić information content (AvgIpc) is 1.85. The molecule has 0 spiro atoms. The molecule has 0 aromatic rings. The third kappa shape index (κ3) is 5.33. The van der Waals surface area contributed by atoms with Gasteiger partial charge in [0.2, 0.25) is 0 Å². The van der Waals surface area contributed by atoms with Gasteiger partial charge in [-0.2, -0.15) is 0 Å². The van der Waals surface area contributed by atoms with Gasteiger partial charge in [0.1, 0.15) is 0 Å². The molecule has 0 aromatic carbocycles. The fourth-order valence-corrected chi connectivity index (χ4v) is 1.19. The molecule has 0 aliphatic carbocycles. The van der Waals surface area contributed by atoms with Crippen LogP contribution in [0.5, 0.6) is 0 Å². The molecule has 0 unspecified atom stereocenters. The number of rotatable bonds is 4. The van der Waals surface area contributed by atoms with Crippen molar-refractivity contribution in [3.8, 4) is 0 Å². The zero-order valence-corrected chi connectivity index (χ0v) is 10.4. The molecule has 0 aliphatic rings. The van der Waals surface area contributed by atoms with E-state index in [1.807, 2.05) is 0 Å². The van der Waals surface area contributed by atoms with Crippen molar-refractivity contribution in [2.24, 2.45) is 10.8 Å². The van der Waals surface area contributed by atoms with Crippen LogP contribution in [0.25, 0.3) is 0 Å². The summed E-state index contributed by atoms with van der Waals surface area (Å²) in [4.78, 5) is 0. The van der Waals surface area contributed by atoms with E-state index in [-0.39, 0.29) is 7.43 Å². The van der Waals surface area contributed by atoms with Gasteiger partial charge in [0.05, 0.1) is 0 Å². The molecule has 0 rings (SSSR count). The predicted octanol–water partition coefficient (Wildman–Crippen LogP) is 4.84. The molecule has 0 nitrogen and oxygen atoms in total. The van der Waals surface area contributed by atoms with E-state index in [9.17, 15) is 0 Å². The smallest absolute Gasteiger partial charge is 0.0306 e. The second kappa shape index (κ2) is 5.67. The summed E-state index contributed by atoms with van der Waals surface area (Å²) in [6.45, 7) is 14.1. The molecular formula is C13H27. The molecule has 13 heavy (non-hydrogen) atoms. The van der Waals surface area contributed by atoms with E-state index in [1.54, 1.807) is 0 Å². The number of hydrogen-bond donors (Lipinski definition) is 0. The van der Waals surface area contributed by atoms with E-state index < -0.39 is 0 Å². The molecule has 0 atom stereocenters. The van der Waals surface area contributed by atoms with Gasteiger partial charge < -0.3 is 0 Å². The van der Waals surface area contributed by atoms with Crippen LogP contribution >= 0.6 is 0 Å². The van der Waals surface area contributed by atoms with Crippen molar-refractivity contribution in [3.05, 3.63) is 7.43 Å². The number of unbranched alkanes of at least 4 members (excludes halogenated alkanes) is 2. The van der Waals surface area contributed by atoms with Crippen LogP contribution in [0, 0.1) is 18.3 Å². The summed E-state index contributed by atoms with van der Waals surface area (Å²) < 4.78 is 0. The van der Waals surface area contributed by atoms with E-state index in [4.69, 9.17) is 0 Å². The van der Waals surface area contributed by atoms with Crippen molar-refractivity contribution in [3.63, 3.8) is 0 Å². The SMILES string of the molecule is CCCCCC(C)(C)C(C)(C)C.[CH]. The highest BCUT2D eigenvalue weighted by molar-refractivity contribution is 4.81. The molecule has 0 fully saturated rings. The minimum atomic E-state index is 0. The second-order valence-corrected chi connectivity index (χ2v) is 5.59. The van der Waals surface area contributed by atoms with Crippen LogP contribution in [0.2, 0.25) is 0 Å². The minimum Gasteiger partial charge on any atom is -0.0654 e. The quantitative estimate of drug-likeness (QED) is 0.547. The zero-order valence-electron chi connectivity index (χ0n) is 10.4. The summed E-state index contributed by atoms with van der Waals surface area (Å²) in [5, 5.41) is 0. The molecule has 0 aromatic heterocycles. The van der Waals surface area contributed by atoms with Gasteiger partial charge in [-0.25, -0.2) is 0 Å². The third-order valence-corrected chi connectivity index (χ3v) is 3.44. The van der Waals surface area contributed by atoms with Crippen molar-refractivity contribution in [2.45, 2.75) is 67.2 Å². The maximum absolute atomic E-state index is 2.39. The van der Waals surface area contributed by atoms with E-state index in [2.05, 4.69) is 41.5 Å². The van der Waals surface area contributed by atoms with E-state index in [1.165, 1.54) is 25.7 Å². The van der Waals surface area contributed by atoms with Crippen LogP contribution < -0.4 is 0 Å². The Morgan fingerprint density at radius 2 is 1.31 bits per heavy atom. The minimum absolute atomic E-state index is 0. The summed E-state index contributed by atoms with van der Waals surface area (Å²) in [6, 6.07) is 0. The van der Waals surface area contributed by atoms with Crippen LogP contribution in [0.1, 0.15) is 67.2 Å². The fraction of sp³-hybridized carbons (Fsp3) is 0.923. The molecule has 0 saturated heterocycles. The highest BCUT2D eigenvalue weighted by Crippen LogP contribution is 2.41. The van der Waals surface area contributed by atoms with E-state index in [0.29, 0.717) is 10.8 Å². The fourth-order valence-electron chi connectivity index (χ4n) is 1.19. The Balaban J connectivity index is 0. The molecule has 0 bridgehead atoms. The Labute approximate surface area is 86.1 Å². The van der Waals surface area contributed by atoms with Crippen LogP contribution in [-0.2, 0) is 0 Å². The Morgan fingerprint density at radius 1 is 0.846 bits per heavy atom. The average molecular weight is 183 g/mol. The first-order valence-electron chi connectivity index (χ1n) is 5.31. The monoisotopic (exact) mass is 183 g/mol. The largest absolute Gasteiger partial charge is 0.0654 e. The Bertz CT molecular complexity index is 114. The molecule has 0 aliphatic heterocycles. The van der Waals surface area contributed by atoms with Crippen molar-refractivity contribution in [1.29, 1.82) is 0 Å².